The zero-order valence-corrected chi connectivity index (χ0v) is 16.4. The number of amides is 2. The first-order chi connectivity index (χ1) is 12.8. The summed E-state index contributed by atoms with van der Waals surface area (Å²) in [5.74, 6) is -1.41. The van der Waals surface area contributed by atoms with Gasteiger partial charge in [0.25, 0.3) is 5.91 Å². The molecule has 1 aromatic carbocycles. The summed E-state index contributed by atoms with van der Waals surface area (Å²) < 4.78 is 41.8. The summed E-state index contributed by atoms with van der Waals surface area (Å²) in [7, 11) is 1.27. The molecule has 1 heterocycles. The van der Waals surface area contributed by atoms with E-state index in [1.807, 2.05) is 6.92 Å². The van der Waals surface area contributed by atoms with Crippen molar-refractivity contribution in [1.82, 2.24) is 20.0 Å². The summed E-state index contributed by atoms with van der Waals surface area (Å²) in [5, 5.41) is 6.43. The molecule has 0 atom stereocenters. The van der Waals surface area contributed by atoms with Crippen molar-refractivity contribution in [2.24, 2.45) is 0 Å². The molecule has 152 valence electrons. The van der Waals surface area contributed by atoms with Crippen LogP contribution < -0.4 is 5.32 Å². The molecule has 0 fully saturated rings. The number of nitrogens with zero attached hydrogens (tertiary/aromatic N) is 3. The van der Waals surface area contributed by atoms with Gasteiger partial charge in [-0.1, -0.05) is 17.7 Å². The number of alkyl halides is 3. The highest BCUT2D eigenvalue weighted by atomic mass is 19.4. The van der Waals surface area contributed by atoms with Crippen LogP contribution in [0.4, 0.5) is 13.2 Å². The number of likely N-dealkylation sites (N-methyl/N-ethyl adjacent to an activating group) is 1. The third kappa shape index (κ3) is 5.11. The van der Waals surface area contributed by atoms with Crippen molar-refractivity contribution in [3.63, 3.8) is 0 Å². The topological polar surface area (TPSA) is 67.2 Å². The maximum atomic E-state index is 13.7. The fourth-order valence-corrected chi connectivity index (χ4v) is 2.61. The van der Waals surface area contributed by atoms with Gasteiger partial charge in [0.2, 0.25) is 5.91 Å². The minimum Gasteiger partial charge on any atom is -0.350 e. The van der Waals surface area contributed by atoms with Crippen LogP contribution in [0.15, 0.2) is 30.5 Å². The lowest BCUT2D eigenvalue weighted by molar-refractivity contribution is -0.143. The quantitative estimate of drug-likeness (QED) is 0.863. The van der Waals surface area contributed by atoms with E-state index < -0.39 is 34.8 Å². The third-order valence-electron chi connectivity index (χ3n) is 3.79. The van der Waals surface area contributed by atoms with Gasteiger partial charge in [0.1, 0.15) is 0 Å². The maximum absolute atomic E-state index is 13.7. The van der Waals surface area contributed by atoms with Gasteiger partial charge in [0.05, 0.1) is 24.0 Å². The molecular weight excluding hydrogens is 373 g/mol. The van der Waals surface area contributed by atoms with E-state index in [2.05, 4.69) is 10.4 Å². The van der Waals surface area contributed by atoms with E-state index in [0.29, 0.717) is 4.68 Å². The van der Waals surface area contributed by atoms with E-state index in [9.17, 15) is 22.8 Å². The van der Waals surface area contributed by atoms with Gasteiger partial charge in [-0.3, -0.25) is 9.59 Å². The molecule has 1 N–H and O–H groups in total. The second kappa shape index (κ2) is 7.65. The number of carbonyl (C=O) groups is 2. The summed E-state index contributed by atoms with van der Waals surface area (Å²) in [6.45, 7) is 6.73. The van der Waals surface area contributed by atoms with Gasteiger partial charge >= 0.3 is 6.18 Å². The standard InChI is InChI=1S/C19H23F3N4O2/c1-12-6-8-13(9-7-12)26-16(19(20,21)22)14(10-23-26)17(28)25(5)11-15(27)24-18(2,3)4/h6-10H,11H2,1-5H3,(H,24,27). The number of halogens is 3. The highest BCUT2D eigenvalue weighted by Crippen LogP contribution is 2.34. The lowest BCUT2D eigenvalue weighted by atomic mass is 10.1. The molecule has 28 heavy (non-hydrogen) atoms. The first-order valence-corrected chi connectivity index (χ1v) is 8.58. The highest BCUT2D eigenvalue weighted by Gasteiger charge is 2.41. The average molecular weight is 396 g/mol. The molecule has 0 radical (unpaired) electrons. The minimum absolute atomic E-state index is 0.185. The molecule has 9 heteroatoms. The number of rotatable bonds is 4. The Morgan fingerprint density at radius 1 is 1.14 bits per heavy atom. The van der Waals surface area contributed by atoms with E-state index in [4.69, 9.17) is 0 Å². The third-order valence-corrected chi connectivity index (χ3v) is 3.79. The Morgan fingerprint density at radius 2 is 1.71 bits per heavy atom. The maximum Gasteiger partial charge on any atom is 0.434 e. The van der Waals surface area contributed by atoms with Crippen molar-refractivity contribution in [2.75, 3.05) is 13.6 Å². The van der Waals surface area contributed by atoms with Crippen molar-refractivity contribution in [3.8, 4) is 5.69 Å². The first kappa shape index (κ1) is 21.5. The number of nitrogens with one attached hydrogen (secondary N) is 1. The SMILES string of the molecule is Cc1ccc(-n2ncc(C(=O)N(C)CC(=O)NC(C)(C)C)c2C(F)(F)F)cc1. The van der Waals surface area contributed by atoms with Crippen LogP contribution in [0.5, 0.6) is 0 Å². The van der Waals surface area contributed by atoms with Crippen molar-refractivity contribution in [3.05, 3.63) is 47.3 Å². The lowest BCUT2D eigenvalue weighted by Crippen LogP contribution is -2.46. The van der Waals surface area contributed by atoms with Gasteiger partial charge in [0.15, 0.2) is 5.69 Å². The number of hydrogen-bond acceptors (Lipinski definition) is 3. The van der Waals surface area contributed by atoms with Gasteiger partial charge in [-0.05, 0) is 39.8 Å². The average Bonchev–Trinajstić information content (AvgIpc) is 2.98. The smallest absolute Gasteiger partial charge is 0.350 e. The van der Waals surface area contributed by atoms with Crippen LogP contribution in [0.1, 0.15) is 42.4 Å². The lowest BCUT2D eigenvalue weighted by Gasteiger charge is -2.23. The van der Waals surface area contributed by atoms with Crippen LogP contribution in [0.2, 0.25) is 0 Å². The number of carbonyl (C=O) groups excluding carboxylic acids is 2. The number of benzene rings is 1. The largest absolute Gasteiger partial charge is 0.434 e. The summed E-state index contributed by atoms with van der Waals surface area (Å²) >= 11 is 0. The van der Waals surface area contributed by atoms with Gasteiger partial charge in [-0.25, -0.2) is 4.68 Å². The molecule has 0 aliphatic rings. The Bertz CT molecular complexity index is 865. The number of aromatic nitrogens is 2. The molecular formula is C19H23F3N4O2. The first-order valence-electron chi connectivity index (χ1n) is 8.58. The highest BCUT2D eigenvalue weighted by molar-refractivity contribution is 5.97. The van der Waals surface area contributed by atoms with E-state index in [1.165, 1.54) is 19.2 Å². The summed E-state index contributed by atoms with van der Waals surface area (Å²) in [6, 6.07) is 6.29. The molecule has 2 rings (SSSR count). The zero-order chi connectivity index (χ0) is 21.3. The van der Waals surface area contributed by atoms with E-state index >= 15 is 0 Å². The molecule has 0 saturated carbocycles. The number of aryl methyl sites for hydroxylation is 1. The Labute approximate surface area is 161 Å². The molecule has 2 aromatic rings. The molecule has 0 saturated heterocycles. The van der Waals surface area contributed by atoms with E-state index in [0.717, 1.165) is 16.7 Å². The Kier molecular flexibility index (Phi) is 5.86. The molecule has 6 nitrogen and oxygen atoms in total. The molecule has 0 unspecified atom stereocenters. The predicted octanol–water partition coefficient (Wildman–Crippen LogP) is 3.19. The summed E-state index contributed by atoms with van der Waals surface area (Å²) in [5.41, 5.74) is -1.24. The molecule has 0 spiro atoms. The van der Waals surface area contributed by atoms with Crippen LogP contribution in [-0.2, 0) is 11.0 Å². The minimum atomic E-state index is -4.80. The van der Waals surface area contributed by atoms with Crippen molar-refractivity contribution >= 4 is 11.8 Å². The van der Waals surface area contributed by atoms with Crippen LogP contribution in [0, 0.1) is 6.92 Å². The van der Waals surface area contributed by atoms with Gasteiger partial charge in [0, 0.05) is 12.6 Å². The van der Waals surface area contributed by atoms with E-state index in [-0.39, 0.29) is 12.2 Å². The van der Waals surface area contributed by atoms with E-state index in [1.54, 1.807) is 32.9 Å². The number of hydrogen-bond donors (Lipinski definition) is 1. The predicted molar refractivity (Wildman–Crippen MR) is 98.2 cm³/mol. The van der Waals surface area contributed by atoms with Crippen LogP contribution in [0.25, 0.3) is 5.69 Å². The second-order valence-electron chi connectivity index (χ2n) is 7.61. The van der Waals surface area contributed by atoms with Crippen LogP contribution in [-0.4, -0.2) is 45.6 Å². The Morgan fingerprint density at radius 3 is 2.21 bits per heavy atom. The molecule has 0 aliphatic carbocycles. The van der Waals surface area contributed by atoms with Crippen LogP contribution in [0.3, 0.4) is 0 Å². The van der Waals surface area contributed by atoms with Gasteiger partial charge in [-0.2, -0.15) is 18.3 Å². The van der Waals surface area contributed by atoms with Crippen LogP contribution >= 0.6 is 0 Å². The Balaban J connectivity index is 2.36. The fraction of sp³-hybridized carbons (Fsp3) is 0.421. The summed E-state index contributed by atoms with van der Waals surface area (Å²) in [6.07, 6.45) is -3.93. The molecule has 0 bridgehead atoms. The normalized spacial score (nSPS) is 12.0. The Hall–Kier alpha value is -2.84. The molecule has 0 aliphatic heterocycles. The van der Waals surface area contributed by atoms with Gasteiger partial charge < -0.3 is 10.2 Å². The zero-order valence-electron chi connectivity index (χ0n) is 16.4. The molecule has 2 amide bonds. The second-order valence-corrected chi connectivity index (χ2v) is 7.61. The fourth-order valence-electron chi connectivity index (χ4n) is 2.61. The van der Waals surface area contributed by atoms with Gasteiger partial charge in [-0.15, -0.1) is 0 Å². The monoisotopic (exact) mass is 396 g/mol. The summed E-state index contributed by atoms with van der Waals surface area (Å²) in [4.78, 5) is 25.5. The molecule has 1 aromatic heterocycles. The van der Waals surface area contributed by atoms with Crippen molar-refractivity contribution in [2.45, 2.75) is 39.4 Å². The van der Waals surface area contributed by atoms with Crippen molar-refractivity contribution in [1.29, 1.82) is 0 Å². The van der Waals surface area contributed by atoms with Crippen molar-refractivity contribution < 1.29 is 22.8 Å².